The SMILES string of the molecule is COC(=O)C1CC(NC(=O)C(C)(C)C)CN(CC#N)C1. The Morgan fingerprint density at radius 1 is 1.40 bits per heavy atom. The maximum Gasteiger partial charge on any atom is 0.310 e. The number of likely N-dealkylation sites (tertiary alicyclic amines) is 1. The van der Waals surface area contributed by atoms with Crippen LogP contribution >= 0.6 is 0 Å². The van der Waals surface area contributed by atoms with Gasteiger partial charge in [0.15, 0.2) is 0 Å². The molecule has 1 aliphatic heterocycles. The van der Waals surface area contributed by atoms with E-state index in [0.29, 0.717) is 19.5 Å². The average Bonchev–Trinajstić information content (AvgIpc) is 2.36. The van der Waals surface area contributed by atoms with Crippen LogP contribution in [0.25, 0.3) is 0 Å². The number of methoxy groups -OCH3 is 1. The molecule has 0 spiro atoms. The first kappa shape index (κ1) is 16.4. The Balaban J connectivity index is 2.72. The number of hydrogen-bond donors (Lipinski definition) is 1. The third kappa shape index (κ3) is 4.49. The molecular formula is C14H23N3O3. The summed E-state index contributed by atoms with van der Waals surface area (Å²) in [6.07, 6.45) is 0.552. The predicted octanol–water partition coefficient (Wildman–Crippen LogP) is 0.536. The summed E-state index contributed by atoms with van der Waals surface area (Å²) in [6.45, 7) is 6.86. The molecule has 0 saturated carbocycles. The molecule has 2 unspecified atom stereocenters. The molecule has 1 heterocycles. The lowest BCUT2D eigenvalue weighted by atomic mass is 9.91. The monoisotopic (exact) mass is 281 g/mol. The maximum absolute atomic E-state index is 12.0. The number of ether oxygens (including phenoxy) is 1. The average molecular weight is 281 g/mol. The third-order valence-electron chi connectivity index (χ3n) is 3.37. The van der Waals surface area contributed by atoms with Crippen LogP contribution in [-0.4, -0.2) is 49.6 Å². The van der Waals surface area contributed by atoms with E-state index in [0.717, 1.165) is 0 Å². The van der Waals surface area contributed by atoms with Gasteiger partial charge >= 0.3 is 5.97 Å². The van der Waals surface area contributed by atoms with Crippen LogP contribution in [0.1, 0.15) is 27.2 Å². The van der Waals surface area contributed by atoms with E-state index in [2.05, 4.69) is 11.4 Å². The molecule has 0 aliphatic carbocycles. The van der Waals surface area contributed by atoms with Crippen molar-refractivity contribution in [2.75, 3.05) is 26.7 Å². The largest absolute Gasteiger partial charge is 0.469 e. The van der Waals surface area contributed by atoms with Crippen molar-refractivity contribution in [3.05, 3.63) is 0 Å². The van der Waals surface area contributed by atoms with Crippen molar-refractivity contribution in [1.29, 1.82) is 5.26 Å². The van der Waals surface area contributed by atoms with Crippen LogP contribution < -0.4 is 5.32 Å². The minimum absolute atomic E-state index is 0.0510. The topological polar surface area (TPSA) is 82.4 Å². The van der Waals surface area contributed by atoms with Gasteiger partial charge in [0.2, 0.25) is 5.91 Å². The molecule has 1 rings (SSSR count). The highest BCUT2D eigenvalue weighted by molar-refractivity contribution is 5.81. The smallest absolute Gasteiger partial charge is 0.310 e. The Hall–Kier alpha value is -1.61. The van der Waals surface area contributed by atoms with Crippen molar-refractivity contribution in [3.8, 4) is 6.07 Å². The summed E-state index contributed by atoms with van der Waals surface area (Å²) in [4.78, 5) is 25.6. The van der Waals surface area contributed by atoms with Gasteiger partial charge in [-0.3, -0.25) is 14.5 Å². The highest BCUT2D eigenvalue weighted by atomic mass is 16.5. The summed E-state index contributed by atoms with van der Waals surface area (Å²) in [5.41, 5.74) is -0.474. The molecule has 6 heteroatoms. The first-order valence-corrected chi connectivity index (χ1v) is 6.76. The minimum Gasteiger partial charge on any atom is -0.469 e. The Kier molecular flexibility index (Phi) is 5.52. The van der Waals surface area contributed by atoms with Gasteiger partial charge in [-0.1, -0.05) is 20.8 Å². The van der Waals surface area contributed by atoms with Crippen LogP contribution in [0.3, 0.4) is 0 Å². The lowest BCUT2D eigenvalue weighted by molar-refractivity contribution is -0.148. The van der Waals surface area contributed by atoms with Crippen LogP contribution in [-0.2, 0) is 14.3 Å². The van der Waals surface area contributed by atoms with E-state index < -0.39 is 5.41 Å². The zero-order valence-electron chi connectivity index (χ0n) is 12.6. The molecule has 0 aromatic heterocycles. The van der Waals surface area contributed by atoms with Gasteiger partial charge in [-0.25, -0.2) is 0 Å². The maximum atomic E-state index is 12.0. The van der Waals surface area contributed by atoms with Gasteiger partial charge in [0.05, 0.1) is 25.6 Å². The molecule has 0 aromatic rings. The fraction of sp³-hybridized carbons (Fsp3) is 0.786. The standard InChI is InChI=1S/C14H23N3O3/c1-14(2,3)13(19)16-11-7-10(12(18)20-4)8-17(9-11)6-5-15/h10-11H,6-9H2,1-4H3,(H,16,19). The summed E-state index contributed by atoms with van der Waals surface area (Å²) >= 11 is 0. The zero-order chi connectivity index (χ0) is 15.3. The summed E-state index contributed by atoms with van der Waals surface area (Å²) in [6, 6.07) is 1.95. The van der Waals surface area contributed by atoms with Crippen LogP contribution in [0.5, 0.6) is 0 Å². The van der Waals surface area contributed by atoms with Gasteiger partial charge in [-0.2, -0.15) is 5.26 Å². The highest BCUT2D eigenvalue weighted by Gasteiger charge is 2.34. The number of nitriles is 1. The van der Waals surface area contributed by atoms with Gasteiger partial charge in [0.1, 0.15) is 0 Å². The van der Waals surface area contributed by atoms with Gasteiger partial charge in [0.25, 0.3) is 0 Å². The molecule has 112 valence electrons. The summed E-state index contributed by atoms with van der Waals surface area (Å²) in [7, 11) is 1.36. The second-order valence-corrected chi connectivity index (χ2v) is 6.23. The molecule has 1 N–H and O–H groups in total. The third-order valence-corrected chi connectivity index (χ3v) is 3.37. The molecule has 0 aromatic carbocycles. The first-order valence-electron chi connectivity index (χ1n) is 6.76. The second-order valence-electron chi connectivity index (χ2n) is 6.23. The Morgan fingerprint density at radius 3 is 2.55 bits per heavy atom. The molecule has 6 nitrogen and oxygen atoms in total. The number of carbonyl (C=O) groups is 2. The molecule has 1 aliphatic rings. The Labute approximate surface area is 120 Å². The summed E-state index contributed by atoms with van der Waals surface area (Å²) < 4.78 is 4.78. The van der Waals surface area contributed by atoms with Crippen LogP contribution in [0.4, 0.5) is 0 Å². The van der Waals surface area contributed by atoms with Crippen molar-refractivity contribution < 1.29 is 14.3 Å². The van der Waals surface area contributed by atoms with Crippen LogP contribution in [0.2, 0.25) is 0 Å². The van der Waals surface area contributed by atoms with Crippen molar-refractivity contribution in [3.63, 3.8) is 0 Å². The fourth-order valence-corrected chi connectivity index (χ4v) is 2.26. The first-order chi connectivity index (χ1) is 9.27. The number of amides is 1. The quantitative estimate of drug-likeness (QED) is 0.603. The number of piperidine rings is 1. The van der Waals surface area contributed by atoms with Crippen molar-refractivity contribution in [2.24, 2.45) is 11.3 Å². The van der Waals surface area contributed by atoms with E-state index in [9.17, 15) is 9.59 Å². The minimum atomic E-state index is -0.474. The molecule has 1 amide bonds. The zero-order valence-corrected chi connectivity index (χ0v) is 12.6. The summed E-state index contributed by atoms with van der Waals surface area (Å²) in [5, 5.41) is 11.8. The summed E-state index contributed by atoms with van der Waals surface area (Å²) in [5.74, 6) is -0.639. The van der Waals surface area contributed by atoms with Gasteiger partial charge < -0.3 is 10.1 Å². The van der Waals surface area contributed by atoms with E-state index in [4.69, 9.17) is 10.00 Å². The number of nitrogens with zero attached hydrogens (tertiary/aromatic N) is 2. The lowest BCUT2D eigenvalue weighted by Gasteiger charge is -2.36. The number of hydrogen-bond acceptors (Lipinski definition) is 5. The molecule has 0 bridgehead atoms. The van der Waals surface area contributed by atoms with Crippen molar-refractivity contribution in [1.82, 2.24) is 10.2 Å². The molecule has 20 heavy (non-hydrogen) atoms. The van der Waals surface area contributed by atoms with Crippen molar-refractivity contribution in [2.45, 2.75) is 33.2 Å². The molecular weight excluding hydrogens is 258 g/mol. The lowest BCUT2D eigenvalue weighted by Crippen LogP contribution is -2.54. The molecule has 0 radical (unpaired) electrons. The Bertz CT molecular complexity index is 409. The number of esters is 1. The number of carbonyl (C=O) groups excluding carboxylic acids is 2. The predicted molar refractivity (Wildman–Crippen MR) is 73.6 cm³/mol. The van der Waals surface area contributed by atoms with Crippen LogP contribution in [0.15, 0.2) is 0 Å². The van der Waals surface area contributed by atoms with E-state index >= 15 is 0 Å². The highest BCUT2D eigenvalue weighted by Crippen LogP contribution is 2.20. The van der Waals surface area contributed by atoms with Gasteiger partial charge in [-0.15, -0.1) is 0 Å². The van der Waals surface area contributed by atoms with E-state index in [1.165, 1.54) is 7.11 Å². The van der Waals surface area contributed by atoms with E-state index in [1.54, 1.807) is 0 Å². The van der Waals surface area contributed by atoms with Gasteiger partial charge in [0, 0.05) is 24.5 Å². The Morgan fingerprint density at radius 2 is 2.05 bits per heavy atom. The molecule has 1 saturated heterocycles. The molecule has 2 atom stereocenters. The number of rotatable bonds is 3. The second kappa shape index (κ2) is 6.71. The van der Waals surface area contributed by atoms with Crippen molar-refractivity contribution >= 4 is 11.9 Å². The number of nitrogens with one attached hydrogen (secondary N) is 1. The van der Waals surface area contributed by atoms with Crippen LogP contribution in [0, 0.1) is 22.7 Å². The van der Waals surface area contributed by atoms with Gasteiger partial charge in [-0.05, 0) is 6.42 Å². The van der Waals surface area contributed by atoms with E-state index in [1.807, 2.05) is 25.7 Å². The van der Waals surface area contributed by atoms with E-state index in [-0.39, 0.29) is 30.4 Å². The molecule has 1 fully saturated rings. The normalized spacial score (nSPS) is 23.8. The fourth-order valence-electron chi connectivity index (χ4n) is 2.26.